The average Bonchev–Trinajstić information content (AvgIpc) is 2.66. The molecule has 0 fully saturated rings. The molecule has 2 aromatic rings. The zero-order valence-corrected chi connectivity index (χ0v) is 17.3. The van der Waals surface area contributed by atoms with Gasteiger partial charge < -0.3 is 9.84 Å². The third kappa shape index (κ3) is 7.17. The molecule has 1 N–H and O–H groups in total. The second-order valence-corrected chi connectivity index (χ2v) is 9.48. The summed E-state index contributed by atoms with van der Waals surface area (Å²) in [5.41, 5.74) is 0.875. The summed E-state index contributed by atoms with van der Waals surface area (Å²) in [6, 6.07) is 16.2. The first-order chi connectivity index (χ1) is 13.3. The lowest BCUT2D eigenvalue weighted by molar-refractivity contribution is -0.136. The number of hydrogen-bond donors (Lipinski definition) is 1. The molecular weight excluding hydrogens is 400 g/mol. The average molecular weight is 425 g/mol. The smallest absolute Gasteiger partial charge is 0.321 e. The Morgan fingerprint density at radius 1 is 1.07 bits per heavy atom. The molecule has 0 aliphatic heterocycles. The molecule has 0 spiro atoms. The number of aliphatic carboxylic acids is 1. The van der Waals surface area contributed by atoms with Crippen LogP contribution in [0.5, 0.6) is 5.75 Å². The molecule has 2 unspecified atom stereocenters. The van der Waals surface area contributed by atoms with Crippen molar-refractivity contribution in [2.45, 2.75) is 44.0 Å². The lowest BCUT2D eigenvalue weighted by Gasteiger charge is -2.17. The Hall–Kier alpha value is -2.05. The minimum Gasteiger partial charge on any atom is -0.491 e. The SMILES string of the molecule is CC(CCCC(C(=O)O)S(=O)(=O)CCc1ccccc1)Oc1ccc(Cl)cc1. The molecule has 0 aliphatic carbocycles. The van der Waals surface area contributed by atoms with Crippen molar-refractivity contribution in [1.29, 1.82) is 0 Å². The number of hydrogen-bond acceptors (Lipinski definition) is 4. The molecule has 2 aromatic carbocycles. The van der Waals surface area contributed by atoms with Crippen LogP contribution in [0.25, 0.3) is 0 Å². The number of rotatable bonds is 11. The van der Waals surface area contributed by atoms with Crippen LogP contribution in [-0.2, 0) is 21.1 Å². The maximum Gasteiger partial charge on any atom is 0.321 e. The maximum absolute atomic E-state index is 12.5. The van der Waals surface area contributed by atoms with Crippen LogP contribution in [0.15, 0.2) is 54.6 Å². The molecule has 0 saturated carbocycles. The number of sulfone groups is 1. The third-order valence-corrected chi connectivity index (χ3v) is 6.78. The lowest BCUT2D eigenvalue weighted by Crippen LogP contribution is -2.33. The summed E-state index contributed by atoms with van der Waals surface area (Å²) < 4.78 is 30.8. The standard InChI is InChI=1S/C21H25ClO5S/c1-16(27-19-12-10-18(22)11-13-19)6-5-9-20(21(23)24)28(25,26)15-14-17-7-3-2-4-8-17/h2-4,7-8,10-13,16,20H,5-6,9,14-15H2,1H3,(H,23,24). The molecule has 0 bridgehead atoms. The first kappa shape index (κ1) is 22.2. The van der Waals surface area contributed by atoms with Gasteiger partial charge >= 0.3 is 5.97 Å². The Labute approximate surface area is 171 Å². The molecule has 0 aromatic heterocycles. The molecule has 5 nitrogen and oxygen atoms in total. The van der Waals surface area contributed by atoms with Crippen molar-refractivity contribution in [2.75, 3.05) is 5.75 Å². The van der Waals surface area contributed by atoms with Crippen molar-refractivity contribution < 1.29 is 23.1 Å². The van der Waals surface area contributed by atoms with Gasteiger partial charge in [-0.2, -0.15) is 0 Å². The Morgan fingerprint density at radius 3 is 2.32 bits per heavy atom. The topological polar surface area (TPSA) is 80.7 Å². The number of carboxylic acids is 1. The summed E-state index contributed by atoms with van der Waals surface area (Å²) in [5, 5.41) is 8.64. The highest BCUT2D eigenvalue weighted by molar-refractivity contribution is 7.92. The number of carboxylic acid groups (broad SMARTS) is 1. The van der Waals surface area contributed by atoms with Gasteiger partial charge in [0.2, 0.25) is 0 Å². The van der Waals surface area contributed by atoms with Gasteiger partial charge in [-0.3, -0.25) is 4.79 Å². The number of ether oxygens (including phenoxy) is 1. The van der Waals surface area contributed by atoms with E-state index in [-0.39, 0.29) is 18.3 Å². The van der Waals surface area contributed by atoms with Crippen molar-refractivity contribution in [2.24, 2.45) is 0 Å². The van der Waals surface area contributed by atoms with Gasteiger partial charge in [0, 0.05) is 5.02 Å². The molecule has 0 aliphatic rings. The van der Waals surface area contributed by atoms with Gasteiger partial charge in [-0.25, -0.2) is 8.42 Å². The zero-order valence-electron chi connectivity index (χ0n) is 15.8. The second kappa shape index (κ2) is 10.5. The summed E-state index contributed by atoms with van der Waals surface area (Å²) in [6.45, 7) is 1.87. The van der Waals surface area contributed by atoms with Crippen LogP contribution in [0.1, 0.15) is 31.7 Å². The van der Waals surface area contributed by atoms with Crippen molar-refractivity contribution in [3.05, 3.63) is 65.2 Å². The normalized spacial score (nSPS) is 13.6. The predicted octanol–water partition coefficient (Wildman–Crippen LogP) is 4.39. The van der Waals surface area contributed by atoms with E-state index in [9.17, 15) is 18.3 Å². The number of benzene rings is 2. The van der Waals surface area contributed by atoms with E-state index in [1.54, 1.807) is 24.3 Å². The highest BCUT2D eigenvalue weighted by Gasteiger charge is 2.31. The Bertz CT molecular complexity index is 850. The summed E-state index contributed by atoms with van der Waals surface area (Å²) in [4.78, 5) is 11.5. The van der Waals surface area contributed by atoms with E-state index in [0.29, 0.717) is 30.0 Å². The van der Waals surface area contributed by atoms with Crippen molar-refractivity contribution in [3.8, 4) is 5.75 Å². The fraction of sp³-hybridized carbons (Fsp3) is 0.381. The van der Waals surface area contributed by atoms with Gasteiger partial charge in [-0.05, 0) is 62.4 Å². The van der Waals surface area contributed by atoms with Crippen LogP contribution < -0.4 is 4.74 Å². The fourth-order valence-corrected chi connectivity index (χ4v) is 4.66. The van der Waals surface area contributed by atoms with Crippen LogP contribution in [0.2, 0.25) is 5.02 Å². The van der Waals surface area contributed by atoms with Gasteiger partial charge in [0.15, 0.2) is 15.1 Å². The second-order valence-electron chi connectivity index (χ2n) is 6.74. The Balaban J connectivity index is 1.85. The van der Waals surface area contributed by atoms with Gasteiger partial charge in [-0.1, -0.05) is 41.9 Å². The van der Waals surface area contributed by atoms with E-state index >= 15 is 0 Å². The van der Waals surface area contributed by atoms with Gasteiger partial charge in [0.1, 0.15) is 5.75 Å². The number of halogens is 1. The van der Waals surface area contributed by atoms with Crippen molar-refractivity contribution >= 4 is 27.4 Å². The monoisotopic (exact) mass is 424 g/mol. The molecule has 152 valence electrons. The van der Waals surface area contributed by atoms with Crippen LogP contribution in [0.3, 0.4) is 0 Å². The van der Waals surface area contributed by atoms with Crippen LogP contribution in [0, 0.1) is 0 Å². The molecule has 7 heteroatoms. The zero-order chi connectivity index (χ0) is 20.6. The highest BCUT2D eigenvalue weighted by atomic mass is 35.5. The van der Waals surface area contributed by atoms with Gasteiger partial charge in [-0.15, -0.1) is 0 Å². The summed E-state index contributed by atoms with van der Waals surface area (Å²) >= 11 is 5.84. The molecule has 2 atom stereocenters. The lowest BCUT2D eigenvalue weighted by atomic mass is 10.1. The number of carbonyl (C=O) groups is 1. The summed E-state index contributed by atoms with van der Waals surface area (Å²) in [5.74, 6) is -0.799. The first-order valence-electron chi connectivity index (χ1n) is 9.18. The fourth-order valence-electron chi connectivity index (χ4n) is 2.90. The molecule has 0 saturated heterocycles. The highest BCUT2D eigenvalue weighted by Crippen LogP contribution is 2.20. The Morgan fingerprint density at radius 2 is 1.71 bits per heavy atom. The van der Waals surface area contributed by atoms with E-state index in [0.717, 1.165) is 5.56 Å². The van der Waals surface area contributed by atoms with Crippen LogP contribution >= 0.6 is 11.6 Å². The van der Waals surface area contributed by atoms with Crippen molar-refractivity contribution in [1.82, 2.24) is 0 Å². The third-order valence-electron chi connectivity index (χ3n) is 4.45. The van der Waals surface area contributed by atoms with E-state index < -0.39 is 21.1 Å². The largest absolute Gasteiger partial charge is 0.491 e. The molecule has 2 rings (SSSR count). The quantitative estimate of drug-likeness (QED) is 0.578. The predicted molar refractivity (Wildman–Crippen MR) is 111 cm³/mol. The molecule has 28 heavy (non-hydrogen) atoms. The maximum atomic E-state index is 12.5. The minimum absolute atomic E-state index is 0.0702. The van der Waals surface area contributed by atoms with E-state index in [4.69, 9.17) is 16.3 Å². The van der Waals surface area contributed by atoms with E-state index in [1.807, 2.05) is 37.3 Å². The molecule has 0 amide bonds. The van der Waals surface area contributed by atoms with E-state index in [1.165, 1.54) is 0 Å². The minimum atomic E-state index is -3.74. The van der Waals surface area contributed by atoms with Gasteiger partial charge in [0.05, 0.1) is 11.9 Å². The summed E-state index contributed by atoms with van der Waals surface area (Å²) in [6.07, 6.45) is 1.21. The first-order valence-corrected chi connectivity index (χ1v) is 11.3. The molecule has 0 heterocycles. The van der Waals surface area contributed by atoms with Crippen LogP contribution in [-0.4, -0.2) is 36.6 Å². The molecular formula is C21H25ClO5S. The van der Waals surface area contributed by atoms with E-state index in [2.05, 4.69) is 0 Å². The Kier molecular flexibility index (Phi) is 8.33. The number of aryl methyl sites for hydroxylation is 1. The van der Waals surface area contributed by atoms with Gasteiger partial charge in [0.25, 0.3) is 0 Å². The van der Waals surface area contributed by atoms with Crippen molar-refractivity contribution in [3.63, 3.8) is 0 Å². The molecule has 0 radical (unpaired) electrons. The summed E-state index contributed by atoms with van der Waals surface area (Å²) in [7, 11) is -3.74. The van der Waals surface area contributed by atoms with Crippen LogP contribution in [0.4, 0.5) is 0 Å².